The van der Waals surface area contributed by atoms with E-state index >= 15 is 0 Å². The summed E-state index contributed by atoms with van der Waals surface area (Å²) in [6.45, 7) is 11.5. The lowest BCUT2D eigenvalue weighted by Gasteiger charge is -2.53. The van der Waals surface area contributed by atoms with Crippen LogP contribution in [0.4, 0.5) is 0 Å². The number of sulfonamides is 1. The van der Waals surface area contributed by atoms with E-state index in [0.29, 0.717) is 58.8 Å². The predicted molar refractivity (Wildman–Crippen MR) is 193 cm³/mol. The van der Waals surface area contributed by atoms with Gasteiger partial charge in [-0.1, -0.05) is 44.7 Å². The summed E-state index contributed by atoms with van der Waals surface area (Å²) >= 11 is 0. The van der Waals surface area contributed by atoms with E-state index in [1.165, 1.54) is 0 Å². The van der Waals surface area contributed by atoms with Crippen molar-refractivity contribution in [2.24, 2.45) is 5.92 Å². The van der Waals surface area contributed by atoms with Gasteiger partial charge in [0.25, 0.3) is 0 Å². The molecule has 4 N–H and O–H groups in total. The average molecular weight is 728 g/mol. The highest BCUT2D eigenvalue weighted by Crippen LogP contribution is 2.41. The number of aromatic amines is 1. The Hall–Kier alpha value is -2.88. The van der Waals surface area contributed by atoms with Gasteiger partial charge >= 0.3 is 0 Å². The molecule has 282 valence electrons. The maximum atomic E-state index is 14.2. The highest BCUT2D eigenvalue weighted by molar-refractivity contribution is 7.89. The molecule has 0 radical (unpaired) electrons. The first-order valence-electron chi connectivity index (χ1n) is 19.0. The average Bonchev–Trinajstić information content (AvgIpc) is 3.48. The third-order valence-electron chi connectivity index (χ3n) is 11.7. The summed E-state index contributed by atoms with van der Waals surface area (Å²) in [5.74, 6) is -0.310. The van der Waals surface area contributed by atoms with E-state index in [1.54, 1.807) is 17.0 Å². The van der Waals surface area contributed by atoms with E-state index in [4.69, 9.17) is 4.74 Å². The van der Waals surface area contributed by atoms with Crippen LogP contribution in [0.5, 0.6) is 0 Å². The van der Waals surface area contributed by atoms with Crippen LogP contribution in [0.3, 0.4) is 0 Å². The molecule has 1 aromatic carbocycles. The number of ether oxygens (including phenoxy) is 1. The molecule has 1 saturated carbocycles. The number of piperazine rings is 1. The Kier molecular flexibility index (Phi) is 12.2. The molecule has 1 aliphatic carbocycles. The number of morpholine rings is 1. The SMILES string of the molecule is CCCCN1C(=O)[C@@H]([C@H](O)C2CCCCC2)NC(=O)C12CCN(C(c1ccc(S(=O)(=O)NCCN3CCOCC3)cc1)c1c(C)n[nH]c1C)CC2. The van der Waals surface area contributed by atoms with Crippen molar-refractivity contribution in [2.75, 3.05) is 59.0 Å². The van der Waals surface area contributed by atoms with Gasteiger partial charge in [-0.25, -0.2) is 13.1 Å². The number of aliphatic hydroxyl groups excluding tert-OH is 1. The second kappa shape index (κ2) is 16.4. The number of H-pyrrole nitrogens is 1. The number of hydrogen-bond donors (Lipinski definition) is 4. The van der Waals surface area contributed by atoms with Gasteiger partial charge in [0.1, 0.15) is 11.6 Å². The Labute approximate surface area is 302 Å². The van der Waals surface area contributed by atoms with Crippen LogP contribution in [0.15, 0.2) is 29.2 Å². The zero-order valence-electron chi connectivity index (χ0n) is 30.5. The first-order valence-corrected chi connectivity index (χ1v) is 20.5. The normalized spacial score (nSPS) is 23.8. The van der Waals surface area contributed by atoms with Crippen molar-refractivity contribution < 1.29 is 27.9 Å². The molecule has 6 rings (SSSR count). The fourth-order valence-electron chi connectivity index (χ4n) is 8.71. The Bertz CT molecular complexity index is 1580. The summed E-state index contributed by atoms with van der Waals surface area (Å²) in [5.41, 5.74) is 2.74. The molecular formula is C37H57N7O6S. The summed E-state index contributed by atoms with van der Waals surface area (Å²) < 4.78 is 34.6. The number of aryl methyl sites for hydroxylation is 2. The van der Waals surface area contributed by atoms with Gasteiger partial charge in [-0.3, -0.25) is 24.5 Å². The Balaban J connectivity index is 1.20. The number of nitrogens with zero attached hydrogens (tertiary/aromatic N) is 4. The van der Waals surface area contributed by atoms with Crippen LogP contribution in [-0.4, -0.2) is 127 Å². The highest BCUT2D eigenvalue weighted by Gasteiger charge is 2.55. The van der Waals surface area contributed by atoms with Crippen LogP contribution in [0.2, 0.25) is 0 Å². The summed E-state index contributed by atoms with van der Waals surface area (Å²) in [5, 5.41) is 22.0. The number of carbonyl (C=O) groups is 2. The molecule has 51 heavy (non-hydrogen) atoms. The Morgan fingerprint density at radius 2 is 1.71 bits per heavy atom. The number of hydrogen-bond acceptors (Lipinski definition) is 9. The molecule has 13 nitrogen and oxygen atoms in total. The van der Waals surface area contributed by atoms with E-state index in [0.717, 1.165) is 80.6 Å². The van der Waals surface area contributed by atoms with Crippen molar-refractivity contribution in [3.05, 3.63) is 46.8 Å². The van der Waals surface area contributed by atoms with Crippen molar-refractivity contribution in [3.8, 4) is 0 Å². The first kappa shape index (κ1) is 37.9. The molecule has 0 bridgehead atoms. The second-order valence-corrected chi connectivity index (χ2v) is 16.7. The number of likely N-dealkylation sites (tertiary alicyclic amines) is 1. The van der Waals surface area contributed by atoms with Crippen molar-refractivity contribution in [1.82, 2.24) is 34.9 Å². The van der Waals surface area contributed by atoms with Crippen LogP contribution in [0.1, 0.15) is 93.3 Å². The third kappa shape index (κ3) is 8.06. The van der Waals surface area contributed by atoms with Crippen LogP contribution in [0, 0.1) is 19.8 Å². The molecule has 4 heterocycles. The maximum absolute atomic E-state index is 14.2. The summed E-state index contributed by atoms with van der Waals surface area (Å²) in [6.07, 6.45) is 6.67. The molecule has 1 spiro atoms. The number of aliphatic hydroxyl groups is 1. The quantitative estimate of drug-likeness (QED) is 0.243. The number of amides is 2. The molecule has 4 fully saturated rings. The molecule has 14 heteroatoms. The van der Waals surface area contributed by atoms with Crippen LogP contribution >= 0.6 is 0 Å². The monoisotopic (exact) mass is 727 g/mol. The van der Waals surface area contributed by atoms with Gasteiger partial charge in [0, 0.05) is 57.1 Å². The maximum Gasteiger partial charge on any atom is 0.248 e. The van der Waals surface area contributed by atoms with Crippen molar-refractivity contribution in [1.29, 1.82) is 0 Å². The van der Waals surface area contributed by atoms with Gasteiger partial charge in [0.15, 0.2) is 0 Å². The van der Waals surface area contributed by atoms with Gasteiger partial charge in [-0.15, -0.1) is 0 Å². The summed E-state index contributed by atoms with van der Waals surface area (Å²) in [4.78, 5) is 34.8. The van der Waals surface area contributed by atoms with Gasteiger partial charge < -0.3 is 20.1 Å². The van der Waals surface area contributed by atoms with Gasteiger partial charge in [-0.05, 0) is 69.6 Å². The van der Waals surface area contributed by atoms with Crippen LogP contribution in [-0.2, 0) is 24.3 Å². The predicted octanol–water partition coefficient (Wildman–Crippen LogP) is 2.63. The second-order valence-electron chi connectivity index (χ2n) is 14.9. The third-order valence-corrected chi connectivity index (χ3v) is 13.2. The Morgan fingerprint density at radius 1 is 1.02 bits per heavy atom. The molecule has 2 amide bonds. The van der Waals surface area contributed by atoms with E-state index in [2.05, 4.69) is 37.0 Å². The molecule has 1 unspecified atom stereocenters. The van der Waals surface area contributed by atoms with Gasteiger partial charge in [-0.2, -0.15) is 5.10 Å². The zero-order valence-corrected chi connectivity index (χ0v) is 31.3. The van der Waals surface area contributed by atoms with Crippen molar-refractivity contribution >= 4 is 21.8 Å². The minimum absolute atomic E-state index is 0.0198. The fraction of sp³-hybridized carbons (Fsp3) is 0.703. The zero-order chi connectivity index (χ0) is 36.2. The molecule has 3 saturated heterocycles. The lowest BCUT2D eigenvalue weighted by molar-refractivity contribution is -0.166. The number of rotatable bonds is 13. The number of benzene rings is 1. The first-order chi connectivity index (χ1) is 24.6. The largest absolute Gasteiger partial charge is 0.390 e. The Morgan fingerprint density at radius 3 is 2.33 bits per heavy atom. The minimum atomic E-state index is -3.70. The minimum Gasteiger partial charge on any atom is -0.390 e. The van der Waals surface area contributed by atoms with Gasteiger partial charge in [0.2, 0.25) is 21.8 Å². The number of piperidine rings is 1. The summed E-state index contributed by atoms with van der Waals surface area (Å²) in [6, 6.07) is 5.92. The van der Waals surface area contributed by atoms with E-state index in [1.807, 2.05) is 26.0 Å². The lowest BCUT2D eigenvalue weighted by atomic mass is 9.77. The number of aromatic nitrogens is 2. The molecule has 3 atom stereocenters. The number of nitrogens with one attached hydrogen (secondary N) is 3. The van der Waals surface area contributed by atoms with E-state index in [9.17, 15) is 23.1 Å². The number of unbranched alkanes of at least 4 members (excludes halogenated alkanes) is 1. The topological polar surface area (TPSA) is 160 Å². The summed E-state index contributed by atoms with van der Waals surface area (Å²) in [7, 11) is -3.70. The van der Waals surface area contributed by atoms with Crippen molar-refractivity contribution in [2.45, 2.75) is 107 Å². The van der Waals surface area contributed by atoms with E-state index in [-0.39, 0.29) is 28.7 Å². The molecular weight excluding hydrogens is 671 g/mol. The van der Waals surface area contributed by atoms with E-state index < -0.39 is 27.7 Å². The van der Waals surface area contributed by atoms with Crippen molar-refractivity contribution in [3.63, 3.8) is 0 Å². The molecule has 3 aliphatic heterocycles. The van der Waals surface area contributed by atoms with Crippen LogP contribution < -0.4 is 10.0 Å². The highest BCUT2D eigenvalue weighted by atomic mass is 32.2. The number of carbonyl (C=O) groups excluding carboxylic acids is 2. The molecule has 1 aromatic heterocycles. The lowest BCUT2D eigenvalue weighted by Crippen LogP contribution is -2.75. The molecule has 4 aliphatic rings. The van der Waals surface area contributed by atoms with Gasteiger partial charge in [0.05, 0.1) is 35.9 Å². The standard InChI is InChI=1S/C37H57N7O6S/c1-4-5-18-44-35(46)32(34(45)29-9-7-6-8-10-29)39-36(47)37(44)15-19-43(20-16-37)33(31-26(2)40-41-27(31)3)28-11-13-30(14-12-28)51(48,49)38-17-21-42-22-24-50-25-23-42/h11-14,29,32-34,38,45H,4-10,15-25H2,1-3H3,(H,39,47)(H,40,41)/t32-,33?,34-/m1/s1. The smallest absolute Gasteiger partial charge is 0.248 e. The molecule has 2 aromatic rings. The van der Waals surface area contributed by atoms with Crippen LogP contribution in [0.25, 0.3) is 0 Å². The fourth-order valence-corrected chi connectivity index (χ4v) is 9.73.